The van der Waals surface area contributed by atoms with Crippen LogP contribution in [0.15, 0.2) is 24.3 Å². The van der Waals surface area contributed by atoms with Gasteiger partial charge in [-0.1, -0.05) is 12.1 Å². The molecule has 1 aromatic rings. The van der Waals surface area contributed by atoms with E-state index in [1.165, 1.54) is 12.1 Å². The number of halogens is 1. The van der Waals surface area contributed by atoms with E-state index >= 15 is 0 Å². The van der Waals surface area contributed by atoms with Gasteiger partial charge in [0.05, 0.1) is 12.4 Å². The fraction of sp³-hybridized carbons (Fsp3) is 0.429. The lowest BCUT2D eigenvalue weighted by Gasteiger charge is -2.22. The highest BCUT2D eigenvalue weighted by molar-refractivity contribution is 7.86. The van der Waals surface area contributed by atoms with Gasteiger partial charge in [-0.2, -0.15) is 8.42 Å². The van der Waals surface area contributed by atoms with Gasteiger partial charge in [0.2, 0.25) is 0 Å². The minimum atomic E-state index is -3.40. The third-order valence-electron chi connectivity index (χ3n) is 3.21. The monoisotopic (exact) mass is 284 g/mol. The highest BCUT2D eigenvalue weighted by Gasteiger charge is 2.20. The maximum atomic E-state index is 13.1. The van der Waals surface area contributed by atoms with Crippen LogP contribution in [0.4, 0.5) is 4.39 Å². The number of hydrogen-bond donors (Lipinski definition) is 0. The lowest BCUT2D eigenvalue weighted by Crippen LogP contribution is -2.19. The molecule has 104 valence electrons. The van der Waals surface area contributed by atoms with Crippen LogP contribution in [0.2, 0.25) is 0 Å². The number of benzene rings is 1. The van der Waals surface area contributed by atoms with Gasteiger partial charge in [-0.05, 0) is 55.0 Å². The van der Waals surface area contributed by atoms with Crippen molar-refractivity contribution in [2.45, 2.75) is 32.3 Å². The standard InChI is InChI=1S/C14H17FO3S/c1-10-9-12(15)5-8-14(10)11-3-6-13(7-4-11)18-19(2,16)17/h3,5,8-9,13H,4,6-7H2,1-2H3/t13-/m0/s1. The Bertz CT molecular complexity index is 605. The Labute approximate surface area is 113 Å². The summed E-state index contributed by atoms with van der Waals surface area (Å²) in [7, 11) is -3.40. The van der Waals surface area contributed by atoms with Gasteiger partial charge in [-0.3, -0.25) is 4.18 Å². The molecule has 0 aliphatic heterocycles. The molecule has 0 fully saturated rings. The van der Waals surface area contributed by atoms with Crippen molar-refractivity contribution >= 4 is 15.7 Å². The molecule has 0 saturated carbocycles. The molecule has 1 aliphatic carbocycles. The quantitative estimate of drug-likeness (QED) is 0.801. The second-order valence-electron chi connectivity index (χ2n) is 4.89. The molecule has 1 aromatic carbocycles. The summed E-state index contributed by atoms with van der Waals surface area (Å²) in [5, 5.41) is 0. The van der Waals surface area contributed by atoms with Crippen molar-refractivity contribution in [2.24, 2.45) is 0 Å². The summed E-state index contributed by atoms with van der Waals surface area (Å²) in [6.45, 7) is 1.87. The lowest BCUT2D eigenvalue weighted by molar-refractivity contribution is 0.202. The first kappa shape index (κ1) is 14.2. The summed E-state index contributed by atoms with van der Waals surface area (Å²) in [5.74, 6) is -0.240. The summed E-state index contributed by atoms with van der Waals surface area (Å²) < 4.78 is 40.2. The molecular weight excluding hydrogens is 267 g/mol. The Hall–Kier alpha value is -1.20. The van der Waals surface area contributed by atoms with Gasteiger partial charge < -0.3 is 0 Å². The van der Waals surface area contributed by atoms with E-state index in [0.717, 1.165) is 29.4 Å². The highest BCUT2D eigenvalue weighted by atomic mass is 32.2. The van der Waals surface area contributed by atoms with E-state index in [0.29, 0.717) is 12.8 Å². The van der Waals surface area contributed by atoms with Gasteiger partial charge in [0.15, 0.2) is 0 Å². The molecule has 0 aromatic heterocycles. The fourth-order valence-electron chi connectivity index (χ4n) is 2.38. The molecule has 0 bridgehead atoms. The third-order valence-corrected chi connectivity index (χ3v) is 3.83. The van der Waals surface area contributed by atoms with Crippen molar-refractivity contribution in [3.05, 3.63) is 41.2 Å². The summed E-state index contributed by atoms with van der Waals surface area (Å²) in [6.07, 6.45) is 4.75. The first-order valence-corrected chi connectivity index (χ1v) is 8.00. The molecule has 5 heteroatoms. The summed E-state index contributed by atoms with van der Waals surface area (Å²) in [6, 6.07) is 4.73. The molecule has 2 rings (SSSR count). The van der Waals surface area contributed by atoms with Crippen molar-refractivity contribution in [3.63, 3.8) is 0 Å². The topological polar surface area (TPSA) is 43.4 Å². The third kappa shape index (κ3) is 3.88. The van der Waals surface area contributed by atoms with Crippen LogP contribution in [-0.2, 0) is 14.3 Å². The van der Waals surface area contributed by atoms with Crippen molar-refractivity contribution in [2.75, 3.05) is 6.26 Å². The van der Waals surface area contributed by atoms with E-state index < -0.39 is 10.1 Å². The van der Waals surface area contributed by atoms with Crippen molar-refractivity contribution in [1.29, 1.82) is 0 Å². The molecule has 3 nitrogen and oxygen atoms in total. The Morgan fingerprint density at radius 3 is 2.63 bits per heavy atom. The average Bonchev–Trinajstić information content (AvgIpc) is 2.28. The Morgan fingerprint density at radius 2 is 2.11 bits per heavy atom. The van der Waals surface area contributed by atoms with Crippen LogP contribution in [0.5, 0.6) is 0 Å². The highest BCUT2D eigenvalue weighted by Crippen LogP contribution is 2.30. The minimum absolute atomic E-state index is 0.240. The van der Waals surface area contributed by atoms with Crippen molar-refractivity contribution in [1.82, 2.24) is 0 Å². The van der Waals surface area contributed by atoms with Crippen LogP contribution in [-0.4, -0.2) is 20.8 Å². The van der Waals surface area contributed by atoms with Crippen LogP contribution in [0.25, 0.3) is 5.57 Å². The summed E-state index contributed by atoms with van der Waals surface area (Å²) >= 11 is 0. The van der Waals surface area contributed by atoms with Crippen LogP contribution in [0.1, 0.15) is 30.4 Å². The molecule has 0 N–H and O–H groups in total. The summed E-state index contributed by atoms with van der Waals surface area (Å²) in [4.78, 5) is 0. The molecule has 1 aliphatic rings. The molecule has 0 radical (unpaired) electrons. The predicted octanol–water partition coefficient (Wildman–Crippen LogP) is 3.05. The Kier molecular flexibility index (Phi) is 4.06. The molecule has 0 unspecified atom stereocenters. The average molecular weight is 284 g/mol. The van der Waals surface area contributed by atoms with Crippen molar-refractivity contribution in [3.8, 4) is 0 Å². The van der Waals surface area contributed by atoms with Gasteiger partial charge in [-0.25, -0.2) is 4.39 Å². The maximum Gasteiger partial charge on any atom is 0.264 e. The van der Waals surface area contributed by atoms with Crippen molar-refractivity contribution < 1.29 is 17.0 Å². The molecule has 0 amide bonds. The molecule has 0 spiro atoms. The van der Waals surface area contributed by atoms with E-state index in [1.807, 2.05) is 13.0 Å². The zero-order valence-corrected chi connectivity index (χ0v) is 11.8. The number of hydrogen-bond acceptors (Lipinski definition) is 3. The lowest BCUT2D eigenvalue weighted by atomic mass is 9.90. The maximum absolute atomic E-state index is 13.1. The van der Waals surface area contributed by atoms with E-state index in [1.54, 1.807) is 6.07 Å². The van der Waals surface area contributed by atoms with E-state index in [-0.39, 0.29) is 11.9 Å². The molecule has 1 atom stereocenters. The zero-order chi connectivity index (χ0) is 14.0. The number of allylic oxidation sites excluding steroid dienone is 1. The molecular formula is C14H17FO3S. The van der Waals surface area contributed by atoms with Crippen LogP contribution >= 0.6 is 0 Å². The smallest absolute Gasteiger partial charge is 0.264 e. The van der Waals surface area contributed by atoms with Gasteiger partial charge in [0.1, 0.15) is 5.82 Å². The number of aryl methyl sites for hydroxylation is 1. The van der Waals surface area contributed by atoms with Crippen LogP contribution in [0.3, 0.4) is 0 Å². The largest absolute Gasteiger partial charge is 0.267 e. The van der Waals surface area contributed by atoms with E-state index in [9.17, 15) is 12.8 Å². The van der Waals surface area contributed by atoms with Crippen LogP contribution < -0.4 is 0 Å². The molecule has 0 heterocycles. The first-order chi connectivity index (χ1) is 8.85. The SMILES string of the molecule is Cc1cc(F)ccc1C1=CC[C@H](OS(C)(=O)=O)CC1. The predicted molar refractivity (Wildman–Crippen MR) is 72.7 cm³/mol. The van der Waals surface area contributed by atoms with Gasteiger partial charge in [-0.15, -0.1) is 0 Å². The Balaban J connectivity index is 2.12. The van der Waals surface area contributed by atoms with E-state index in [2.05, 4.69) is 0 Å². The second kappa shape index (κ2) is 5.43. The fourth-order valence-corrected chi connectivity index (χ4v) is 3.05. The Morgan fingerprint density at radius 1 is 1.37 bits per heavy atom. The normalized spacial score (nSPS) is 20.2. The first-order valence-electron chi connectivity index (χ1n) is 6.19. The second-order valence-corrected chi connectivity index (χ2v) is 6.49. The van der Waals surface area contributed by atoms with Gasteiger partial charge >= 0.3 is 0 Å². The number of rotatable bonds is 3. The summed E-state index contributed by atoms with van der Waals surface area (Å²) in [5.41, 5.74) is 3.05. The zero-order valence-electron chi connectivity index (χ0n) is 11.0. The molecule has 19 heavy (non-hydrogen) atoms. The van der Waals surface area contributed by atoms with Crippen LogP contribution in [0, 0.1) is 12.7 Å². The van der Waals surface area contributed by atoms with E-state index in [4.69, 9.17) is 4.18 Å². The molecule has 0 saturated heterocycles. The van der Waals surface area contributed by atoms with Gasteiger partial charge in [0, 0.05) is 0 Å². The van der Waals surface area contributed by atoms with Gasteiger partial charge in [0.25, 0.3) is 10.1 Å². The minimum Gasteiger partial charge on any atom is -0.267 e.